The highest BCUT2D eigenvalue weighted by molar-refractivity contribution is 5.70. The van der Waals surface area contributed by atoms with E-state index in [4.69, 9.17) is 9.84 Å². The first kappa shape index (κ1) is 15.4. The maximum atomic E-state index is 10.9. The van der Waals surface area contributed by atoms with Crippen LogP contribution < -0.4 is 0 Å². The van der Waals surface area contributed by atoms with E-state index in [1.54, 1.807) is 0 Å². The number of hydrogen-bond donors (Lipinski definition) is 2. The molecule has 1 aliphatic rings. The molecule has 0 saturated carbocycles. The second-order valence-corrected chi connectivity index (χ2v) is 5.02. The van der Waals surface area contributed by atoms with E-state index < -0.39 is 12.1 Å². The molecular formula is C13H25NO4. The number of β-amino-alcohol motifs (C(OH)–C–C–N with tert-alkyl or cyclic N) is 1. The van der Waals surface area contributed by atoms with Gasteiger partial charge in [-0.3, -0.25) is 9.69 Å². The largest absolute Gasteiger partial charge is 0.481 e. The van der Waals surface area contributed by atoms with Crippen molar-refractivity contribution in [2.24, 2.45) is 5.92 Å². The third-order valence-electron chi connectivity index (χ3n) is 3.28. The molecule has 0 bridgehead atoms. The van der Waals surface area contributed by atoms with Crippen molar-refractivity contribution in [2.75, 3.05) is 32.8 Å². The summed E-state index contributed by atoms with van der Waals surface area (Å²) in [7, 11) is 0. The lowest BCUT2D eigenvalue weighted by molar-refractivity contribution is -0.143. The van der Waals surface area contributed by atoms with Gasteiger partial charge in [0.2, 0.25) is 0 Å². The molecule has 0 aromatic rings. The average molecular weight is 259 g/mol. The van der Waals surface area contributed by atoms with Crippen LogP contribution >= 0.6 is 0 Å². The maximum Gasteiger partial charge on any atom is 0.307 e. The monoisotopic (exact) mass is 259 g/mol. The van der Waals surface area contributed by atoms with Gasteiger partial charge in [-0.15, -0.1) is 0 Å². The molecule has 0 amide bonds. The number of carboxylic acids is 1. The lowest BCUT2D eigenvalue weighted by Gasteiger charge is -2.31. The Morgan fingerprint density at radius 3 is 3.00 bits per heavy atom. The number of likely N-dealkylation sites (tertiary alicyclic amines) is 1. The molecule has 1 fully saturated rings. The molecule has 1 heterocycles. The first-order valence-electron chi connectivity index (χ1n) is 6.84. The number of carbonyl (C=O) groups is 1. The third-order valence-corrected chi connectivity index (χ3v) is 3.28. The fourth-order valence-corrected chi connectivity index (χ4v) is 2.24. The fourth-order valence-electron chi connectivity index (χ4n) is 2.24. The van der Waals surface area contributed by atoms with Crippen molar-refractivity contribution in [2.45, 2.75) is 38.7 Å². The number of aliphatic hydroxyl groups is 1. The van der Waals surface area contributed by atoms with Gasteiger partial charge in [0, 0.05) is 19.7 Å². The van der Waals surface area contributed by atoms with Crippen LogP contribution in [0.15, 0.2) is 0 Å². The Labute approximate surface area is 109 Å². The molecule has 2 atom stereocenters. The van der Waals surface area contributed by atoms with Crippen LogP contribution in [0.3, 0.4) is 0 Å². The van der Waals surface area contributed by atoms with Gasteiger partial charge in [-0.2, -0.15) is 0 Å². The summed E-state index contributed by atoms with van der Waals surface area (Å²) in [6.07, 6.45) is 3.21. The number of unbranched alkanes of at least 4 members (excludes halogenated alkanes) is 1. The molecule has 0 aliphatic carbocycles. The molecule has 1 aliphatic heterocycles. The van der Waals surface area contributed by atoms with Crippen molar-refractivity contribution in [1.29, 1.82) is 0 Å². The molecule has 1 rings (SSSR count). The van der Waals surface area contributed by atoms with E-state index in [0.29, 0.717) is 26.3 Å². The molecular weight excluding hydrogens is 234 g/mol. The molecule has 0 spiro atoms. The fraction of sp³-hybridized carbons (Fsp3) is 0.923. The minimum atomic E-state index is -0.728. The molecule has 0 radical (unpaired) electrons. The second kappa shape index (κ2) is 8.45. The third kappa shape index (κ3) is 5.80. The second-order valence-electron chi connectivity index (χ2n) is 5.02. The topological polar surface area (TPSA) is 70.0 Å². The highest BCUT2D eigenvalue weighted by Gasteiger charge is 2.26. The Bertz CT molecular complexity index is 247. The predicted octanol–water partition coefficient (Wildman–Crippen LogP) is 0.961. The van der Waals surface area contributed by atoms with E-state index in [2.05, 4.69) is 6.92 Å². The average Bonchev–Trinajstić information content (AvgIpc) is 2.35. The summed E-state index contributed by atoms with van der Waals surface area (Å²) in [6, 6.07) is 0. The van der Waals surface area contributed by atoms with Crippen molar-refractivity contribution in [1.82, 2.24) is 4.90 Å². The number of nitrogens with zero attached hydrogens (tertiary/aromatic N) is 1. The van der Waals surface area contributed by atoms with E-state index in [0.717, 1.165) is 32.2 Å². The summed E-state index contributed by atoms with van der Waals surface area (Å²) in [6.45, 7) is 5.05. The summed E-state index contributed by atoms with van der Waals surface area (Å²) < 4.78 is 5.36. The molecule has 106 valence electrons. The maximum absolute atomic E-state index is 10.9. The van der Waals surface area contributed by atoms with Crippen LogP contribution in [0, 0.1) is 5.92 Å². The van der Waals surface area contributed by atoms with Gasteiger partial charge in [-0.05, 0) is 25.8 Å². The van der Waals surface area contributed by atoms with Gasteiger partial charge in [0.15, 0.2) is 0 Å². The van der Waals surface area contributed by atoms with Crippen molar-refractivity contribution < 1.29 is 19.7 Å². The standard InChI is InChI=1S/C13H25NO4/c1-2-3-7-18-10-12(15)9-14-6-4-5-11(8-14)13(16)17/h11-12,15H,2-10H2,1H3,(H,16,17). The SMILES string of the molecule is CCCCOCC(O)CN1CCCC(C(=O)O)C1. The molecule has 0 aromatic heterocycles. The quantitative estimate of drug-likeness (QED) is 0.635. The Morgan fingerprint density at radius 2 is 2.33 bits per heavy atom. The zero-order valence-corrected chi connectivity index (χ0v) is 11.2. The summed E-state index contributed by atoms with van der Waals surface area (Å²) in [5, 5.41) is 18.8. The van der Waals surface area contributed by atoms with Gasteiger partial charge >= 0.3 is 5.97 Å². The molecule has 1 saturated heterocycles. The smallest absolute Gasteiger partial charge is 0.307 e. The van der Waals surface area contributed by atoms with Gasteiger partial charge in [-0.1, -0.05) is 13.3 Å². The first-order chi connectivity index (χ1) is 8.63. The van der Waals surface area contributed by atoms with Gasteiger partial charge in [0.1, 0.15) is 0 Å². The molecule has 5 nitrogen and oxygen atoms in total. The normalized spacial score (nSPS) is 22.9. The number of rotatable bonds is 8. The van der Waals surface area contributed by atoms with Crippen LogP contribution in [-0.2, 0) is 9.53 Å². The van der Waals surface area contributed by atoms with E-state index in [1.165, 1.54) is 0 Å². The minimum Gasteiger partial charge on any atom is -0.481 e. The van der Waals surface area contributed by atoms with E-state index in [-0.39, 0.29) is 5.92 Å². The number of hydrogen-bond acceptors (Lipinski definition) is 4. The van der Waals surface area contributed by atoms with Gasteiger partial charge in [0.25, 0.3) is 0 Å². The van der Waals surface area contributed by atoms with Crippen LogP contribution in [-0.4, -0.2) is 60.0 Å². The minimum absolute atomic E-state index is 0.285. The van der Waals surface area contributed by atoms with Crippen LogP contribution in [0.5, 0.6) is 0 Å². The summed E-state index contributed by atoms with van der Waals surface area (Å²) in [5.41, 5.74) is 0. The first-order valence-corrected chi connectivity index (χ1v) is 6.84. The highest BCUT2D eigenvalue weighted by Crippen LogP contribution is 2.16. The van der Waals surface area contributed by atoms with Gasteiger partial charge < -0.3 is 14.9 Å². The van der Waals surface area contributed by atoms with Crippen LogP contribution in [0.25, 0.3) is 0 Å². The number of carboxylic acid groups (broad SMARTS) is 1. The molecule has 2 N–H and O–H groups in total. The Balaban J connectivity index is 2.18. The highest BCUT2D eigenvalue weighted by atomic mass is 16.5. The van der Waals surface area contributed by atoms with Crippen LogP contribution in [0.4, 0.5) is 0 Å². The lowest BCUT2D eigenvalue weighted by Crippen LogP contribution is -2.43. The van der Waals surface area contributed by atoms with Crippen molar-refractivity contribution in [3.63, 3.8) is 0 Å². The zero-order chi connectivity index (χ0) is 13.4. The van der Waals surface area contributed by atoms with Gasteiger partial charge in [-0.25, -0.2) is 0 Å². The molecule has 0 aromatic carbocycles. The number of aliphatic hydroxyl groups excluding tert-OH is 1. The summed E-state index contributed by atoms with van der Waals surface area (Å²) in [4.78, 5) is 12.9. The zero-order valence-electron chi connectivity index (χ0n) is 11.2. The molecule has 2 unspecified atom stereocenters. The number of ether oxygens (including phenoxy) is 1. The number of aliphatic carboxylic acids is 1. The Hall–Kier alpha value is -0.650. The lowest BCUT2D eigenvalue weighted by atomic mass is 9.98. The van der Waals surface area contributed by atoms with E-state index >= 15 is 0 Å². The van der Waals surface area contributed by atoms with E-state index in [9.17, 15) is 9.90 Å². The van der Waals surface area contributed by atoms with Gasteiger partial charge in [0.05, 0.1) is 18.6 Å². The van der Waals surface area contributed by atoms with Crippen LogP contribution in [0.2, 0.25) is 0 Å². The van der Waals surface area contributed by atoms with Crippen molar-refractivity contribution in [3.05, 3.63) is 0 Å². The molecule has 18 heavy (non-hydrogen) atoms. The van der Waals surface area contributed by atoms with Crippen molar-refractivity contribution >= 4 is 5.97 Å². The predicted molar refractivity (Wildman–Crippen MR) is 68.5 cm³/mol. The summed E-state index contributed by atoms with van der Waals surface area (Å²) >= 11 is 0. The van der Waals surface area contributed by atoms with Crippen molar-refractivity contribution in [3.8, 4) is 0 Å². The van der Waals surface area contributed by atoms with E-state index in [1.807, 2.05) is 4.90 Å². The Kier molecular flexibility index (Phi) is 7.23. The number of piperidine rings is 1. The molecule has 5 heteroatoms. The summed E-state index contributed by atoms with van der Waals surface area (Å²) in [5.74, 6) is -1.01. The Morgan fingerprint density at radius 1 is 1.56 bits per heavy atom. The van der Waals surface area contributed by atoms with Crippen LogP contribution in [0.1, 0.15) is 32.6 Å².